The van der Waals surface area contributed by atoms with Gasteiger partial charge in [-0.05, 0) is 79.0 Å². The topological polar surface area (TPSA) is 42.0 Å². The van der Waals surface area contributed by atoms with E-state index in [1.54, 1.807) is 20.3 Å². The SMILES string of the molecule is COc1ccc(CN2CCC([C@@H](Cc3ccccc3F)N(C)C(=O)c3cccs3)CC2)cc1OC. The Labute approximate surface area is 211 Å². The fourth-order valence-electron chi connectivity index (χ4n) is 4.97. The number of carbonyl (C=O) groups is 1. The second-order valence-corrected chi connectivity index (χ2v) is 10.0. The minimum Gasteiger partial charge on any atom is -0.493 e. The second kappa shape index (κ2) is 11.7. The number of likely N-dealkylation sites (tertiary alicyclic amines) is 1. The van der Waals surface area contributed by atoms with Crippen LogP contribution in [0.4, 0.5) is 4.39 Å². The van der Waals surface area contributed by atoms with Crippen LogP contribution in [0.25, 0.3) is 0 Å². The van der Waals surface area contributed by atoms with Crippen molar-refractivity contribution in [3.05, 3.63) is 81.8 Å². The lowest BCUT2D eigenvalue weighted by molar-refractivity contribution is 0.0588. The number of halogens is 1. The van der Waals surface area contributed by atoms with Crippen LogP contribution in [-0.2, 0) is 13.0 Å². The van der Waals surface area contributed by atoms with Gasteiger partial charge < -0.3 is 14.4 Å². The van der Waals surface area contributed by atoms with E-state index in [1.807, 2.05) is 53.7 Å². The van der Waals surface area contributed by atoms with Crippen molar-refractivity contribution in [1.29, 1.82) is 0 Å². The Bertz CT molecular complexity index is 1110. The number of thiophene rings is 1. The Hall–Kier alpha value is -2.90. The molecular formula is C28H33FN2O3S. The average molecular weight is 497 g/mol. The van der Waals surface area contributed by atoms with E-state index >= 15 is 0 Å². The Morgan fingerprint density at radius 2 is 1.83 bits per heavy atom. The Balaban J connectivity index is 1.46. The molecule has 3 aromatic rings. The summed E-state index contributed by atoms with van der Waals surface area (Å²) >= 11 is 1.45. The van der Waals surface area contributed by atoms with Gasteiger partial charge in [0.1, 0.15) is 5.82 Å². The summed E-state index contributed by atoms with van der Waals surface area (Å²) in [4.78, 5) is 18.2. The first-order chi connectivity index (χ1) is 17.0. The maximum Gasteiger partial charge on any atom is 0.263 e. The van der Waals surface area contributed by atoms with E-state index < -0.39 is 0 Å². The highest BCUT2D eigenvalue weighted by atomic mass is 32.1. The van der Waals surface area contributed by atoms with Crippen LogP contribution in [-0.4, -0.2) is 56.1 Å². The lowest BCUT2D eigenvalue weighted by Crippen LogP contribution is -2.47. The summed E-state index contributed by atoms with van der Waals surface area (Å²) in [6.45, 7) is 2.68. The fraction of sp³-hybridized carbons (Fsp3) is 0.393. The number of hydrogen-bond donors (Lipinski definition) is 0. The minimum absolute atomic E-state index is 0.00842. The van der Waals surface area contributed by atoms with Gasteiger partial charge in [0.2, 0.25) is 0 Å². The highest BCUT2D eigenvalue weighted by molar-refractivity contribution is 7.12. The molecule has 1 aromatic heterocycles. The molecule has 1 aliphatic heterocycles. The van der Waals surface area contributed by atoms with E-state index in [9.17, 15) is 9.18 Å². The van der Waals surface area contributed by atoms with Gasteiger partial charge in [-0.2, -0.15) is 0 Å². The smallest absolute Gasteiger partial charge is 0.263 e. The predicted octanol–water partition coefficient (Wildman–Crippen LogP) is 5.50. The van der Waals surface area contributed by atoms with Crippen molar-refractivity contribution in [2.75, 3.05) is 34.4 Å². The first-order valence-corrected chi connectivity index (χ1v) is 12.9. The molecule has 0 radical (unpaired) electrons. The molecule has 1 saturated heterocycles. The third kappa shape index (κ3) is 6.03. The number of methoxy groups -OCH3 is 2. The van der Waals surface area contributed by atoms with Crippen molar-refractivity contribution in [1.82, 2.24) is 9.80 Å². The number of nitrogens with zero attached hydrogens (tertiary/aromatic N) is 2. The molecule has 5 nitrogen and oxygen atoms in total. The highest BCUT2D eigenvalue weighted by Gasteiger charge is 2.32. The van der Waals surface area contributed by atoms with Gasteiger partial charge in [0.25, 0.3) is 5.91 Å². The molecule has 1 aliphatic rings. The monoisotopic (exact) mass is 496 g/mol. The van der Waals surface area contributed by atoms with Gasteiger partial charge in [0.15, 0.2) is 11.5 Å². The number of likely N-dealkylation sites (N-methyl/N-ethyl adjacent to an activating group) is 1. The number of hydrogen-bond acceptors (Lipinski definition) is 5. The van der Waals surface area contributed by atoms with Crippen molar-refractivity contribution < 1.29 is 18.7 Å². The summed E-state index contributed by atoms with van der Waals surface area (Å²) in [5, 5.41) is 1.92. The third-order valence-corrected chi connectivity index (χ3v) is 7.83. The fourth-order valence-corrected chi connectivity index (χ4v) is 5.67. The van der Waals surface area contributed by atoms with Gasteiger partial charge in [-0.15, -0.1) is 11.3 Å². The van der Waals surface area contributed by atoms with E-state index in [4.69, 9.17) is 9.47 Å². The predicted molar refractivity (Wildman–Crippen MR) is 138 cm³/mol. The van der Waals surface area contributed by atoms with Gasteiger partial charge in [-0.3, -0.25) is 9.69 Å². The molecule has 4 rings (SSSR count). The van der Waals surface area contributed by atoms with Gasteiger partial charge in [0.05, 0.1) is 19.1 Å². The standard InChI is InChI=1S/C28H33FN2O3S/c1-30(28(32)27-9-6-16-35-27)24(18-22-7-4-5-8-23(22)29)21-12-14-31(15-13-21)19-20-10-11-25(33-2)26(17-20)34-3/h4-11,16-17,21,24H,12-15,18-19H2,1-3H3/t24-/m1/s1. The third-order valence-electron chi connectivity index (χ3n) is 6.97. The van der Waals surface area contributed by atoms with Crippen LogP contribution in [0.2, 0.25) is 0 Å². The highest BCUT2D eigenvalue weighted by Crippen LogP contribution is 2.31. The number of benzene rings is 2. The molecule has 7 heteroatoms. The van der Waals surface area contributed by atoms with E-state index in [0.717, 1.165) is 48.9 Å². The number of ether oxygens (including phenoxy) is 2. The van der Waals surface area contributed by atoms with Crippen LogP contribution in [0.5, 0.6) is 11.5 Å². The molecule has 0 N–H and O–H groups in total. The lowest BCUT2D eigenvalue weighted by Gasteiger charge is -2.40. The molecular weight excluding hydrogens is 463 g/mol. The van der Waals surface area contributed by atoms with Crippen LogP contribution in [0.15, 0.2) is 60.0 Å². The zero-order valence-electron chi connectivity index (χ0n) is 20.6. The average Bonchev–Trinajstić information content (AvgIpc) is 3.43. The summed E-state index contributed by atoms with van der Waals surface area (Å²) in [6.07, 6.45) is 2.42. The Morgan fingerprint density at radius 1 is 1.09 bits per heavy atom. The maximum absolute atomic E-state index is 14.5. The molecule has 1 atom stereocenters. The minimum atomic E-state index is -0.208. The molecule has 0 unspecified atom stereocenters. The maximum atomic E-state index is 14.5. The normalized spacial score (nSPS) is 15.5. The summed E-state index contributed by atoms with van der Waals surface area (Å²) in [5.74, 6) is 1.56. The van der Waals surface area contributed by atoms with Crippen molar-refractivity contribution >= 4 is 17.2 Å². The summed E-state index contributed by atoms with van der Waals surface area (Å²) in [5.41, 5.74) is 1.84. The van der Waals surface area contributed by atoms with Gasteiger partial charge in [-0.1, -0.05) is 30.3 Å². The summed E-state index contributed by atoms with van der Waals surface area (Å²) < 4.78 is 25.3. The molecule has 2 aromatic carbocycles. The zero-order valence-corrected chi connectivity index (χ0v) is 21.4. The van der Waals surface area contributed by atoms with E-state index in [0.29, 0.717) is 17.9 Å². The van der Waals surface area contributed by atoms with Crippen molar-refractivity contribution in [2.24, 2.45) is 5.92 Å². The quantitative estimate of drug-likeness (QED) is 0.392. The van der Waals surface area contributed by atoms with Crippen LogP contribution in [0.1, 0.15) is 33.6 Å². The molecule has 35 heavy (non-hydrogen) atoms. The number of carbonyl (C=O) groups excluding carboxylic acids is 1. The van der Waals surface area contributed by atoms with E-state index in [1.165, 1.54) is 23.0 Å². The Kier molecular flexibility index (Phi) is 8.42. The van der Waals surface area contributed by atoms with Crippen LogP contribution < -0.4 is 9.47 Å². The van der Waals surface area contributed by atoms with Crippen molar-refractivity contribution in [3.63, 3.8) is 0 Å². The molecule has 0 spiro atoms. The van der Waals surface area contributed by atoms with E-state index in [2.05, 4.69) is 11.0 Å². The summed E-state index contributed by atoms with van der Waals surface area (Å²) in [7, 11) is 5.15. The molecule has 2 heterocycles. The van der Waals surface area contributed by atoms with Crippen LogP contribution in [0.3, 0.4) is 0 Å². The zero-order chi connectivity index (χ0) is 24.8. The van der Waals surface area contributed by atoms with Gasteiger partial charge in [-0.25, -0.2) is 4.39 Å². The summed E-state index contributed by atoms with van der Waals surface area (Å²) in [6, 6.07) is 16.6. The van der Waals surface area contributed by atoms with Crippen LogP contribution >= 0.6 is 11.3 Å². The van der Waals surface area contributed by atoms with Crippen molar-refractivity contribution in [2.45, 2.75) is 31.8 Å². The second-order valence-electron chi connectivity index (χ2n) is 9.06. The first-order valence-electron chi connectivity index (χ1n) is 12.0. The molecule has 1 amide bonds. The molecule has 0 saturated carbocycles. The molecule has 0 aliphatic carbocycles. The molecule has 0 bridgehead atoms. The van der Waals surface area contributed by atoms with Crippen molar-refractivity contribution in [3.8, 4) is 11.5 Å². The van der Waals surface area contributed by atoms with E-state index in [-0.39, 0.29) is 17.8 Å². The number of piperidine rings is 1. The number of rotatable bonds is 9. The molecule has 186 valence electrons. The van der Waals surface area contributed by atoms with Crippen LogP contribution in [0, 0.1) is 11.7 Å². The van der Waals surface area contributed by atoms with Gasteiger partial charge in [0, 0.05) is 19.6 Å². The molecule has 1 fully saturated rings. The largest absolute Gasteiger partial charge is 0.493 e. The van der Waals surface area contributed by atoms with Gasteiger partial charge >= 0.3 is 0 Å². The first kappa shape index (κ1) is 25.2. The Morgan fingerprint density at radius 3 is 2.49 bits per heavy atom. The lowest BCUT2D eigenvalue weighted by atomic mass is 9.84. The number of amides is 1.